The largest absolute Gasteiger partial charge is 0.391 e. The summed E-state index contributed by atoms with van der Waals surface area (Å²) in [5, 5.41) is 21.0. The predicted molar refractivity (Wildman–Crippen MR) is 74.2 cm³/mol. The summed E-state index contributed by atoms with van der Waals surface area (Å²) < 4.78 is 6.07. The number of halogens is 1. The number of rotatable bonds is 2. The first-order valence-corrected chi connectivity index (χ1v) is 7.61. The fourth-order valence-corrected chi connectivity index (χ4v) is 5.39. The van der Waals surface area contributed by atoms with Crippen molar-refractivity contribution in [2.75, 3.05) is 6.61 Å². The van der Waals surface area contributed by atoms with Crippen molar-refractivity contribution in [3.05, 3.63) is 12.7 Å². The Labute approximate surface area is 119 Å². The van der Waals surface area contributed by atoms with Crippen LogP contribution in [0.3, 0.4) is 0 Å². The van der Waals surface area contributed by atoms with E-state index in [4.69, 9.17) is 16.3 Å². The molecule has 0 bridgehead atoms. The fourth-order valence-electron chi connectivity index (χ4n) is 4.98. The molecule has 1 saturated heterocycles. The number of aliphatic hydroxyl groups is 2. The lowest BCUT2D eigenvalue weighted by Crippen LogP contribution is -2.62. The monoisotopic (exact) mass is 286 g/mol. The van der Waals surface area contributed by atoms with Crippen LogP contribution in [0.5, 0.6) is 0 Å². The third-order valence-corrected chi connectivity index (χ3v) is 6.45. The van der Waals surface area contributed by atoms with Gasteiger partial charge in [0, 0.05) is 18.3 Å². The topological polar surface area (TPSA) is 49.7 Å². The van der Waals surface area contributed by atoms with E-state index in [1.807, 2.05) is 6.08 Å². The van der Waals surface area contributed by atoms with E-state index in [1.54, 1.807) is 0 Å². The zero-order chi connectivity index (χ0) is 13.9. The van der Waals surface area contributed by atoms with E-state index in [9.17, 15) is 10.2 Å². The third-order valence-electron chi connectivity index (χ3n) is 6.01. The van der Waals surface area contributed by atoms with E-state index in [0.717, 1.165) is 12.8 Å². The lowest BCUT2D eigenvalue weighted by Gasteiger charge is -2.53. The Balaban J connectivity index is 2.06. The molecule has 1 spiro atoms. The molecule has 0 radical (unpaired) electrons. The van der Waals surface area contributed by atoms with Crippen LogP contribution in [0.4, 0.5) is 0 Å². The first kappa shape index (κ1) is 13.9. The minimum absolute atomic E-state index is 0.182. The molecule has 3 fully saturated rings. The summed E-state index contributed by atoms with van der Waals surface area (Å²) in [6.45, 7) is 6.58. The van der Waals surface area contributed by atoms with Gasteiger partial charge in [-0.2, -0.15) is 0 Å². The number of alkyl halides is 1. The Hall–Kier alpha value is -0.0900. The fraction of sp³-hybridized carbons (Fsp3) is 0.867. The van der Waals surface area contributed by atoms with Gasteiger partial charge in [-0.15, -0.1) is 18.2 Å². The molecule has 3 rings (SSSR count). The molecule has 6 atom stereocenters. The molecule has 3 nitrogen and oxygen atoms in total. The van der Waals surface area contributed by atoms with Gasteiger partial charge in [0.15, 0.2) is 0 Å². The lowest BCUT2D eigenvalue weighted by atomic mass is 9.59. The first-order chi connectivity index (χ1) is 8.88. The highest BCUT2D eigenvalue weighted by atomic mass is 35.5. The molecule has 0 aromatic carbocycles. The van der Waals surface area contributed by atoms with Gasteiger partial charge in [0.05, 0.1) is 23.7 Å². The zero-order valence-electron chi connectivity index (χ0n) is 11.4. The van der Waals surface area contributed by atoms with Crippen LogP contribution in [0.2, 0.25) is 0 Å². The Morgan fingerprint density at radius 1 is 1.42 bits per heavy atom. The van der Waals surface area contributed by atoms with Crippen molar-refractivity contribution < 1.29 is 14.9 Å². The molecule has 1 heterocycles. The summed E-state index contributed by atoms with van der Waals surface area (Å²) in [4.78, 5) is 0. The number of allylic oxidation sites excluding steroid dienone is 1. The molecule has 1 aliphatic heterocycles. The molecular formula is C15H23ClO3. The highest BCUT2D eigenvalue weighted by Gasteiger charge is 2.74. The van der Waals surface area contributed by atoms with Crippen molar-refractivity contribution in [3.8, 4) is 0 Å². The molecule has 0 aromatic heterocycles. The smallest absolute Gasteiger partial charge is 0.105 e. The van der Waals surface area contributed by atoms with Crippen molar-refractivity contribution in [2.24, 2.45) is 11.3 Å². The van der Waals surface area contributed by atoms with Crippen LogP contribution in [-0.4, -0.2) is 39.5 Å². The third kappa shape index (κ3) is 1.56. The summed E-state index contributed by atoms with van der Waals surface area (Å²) in [6.07, 6.45) is 4.72. The molecule has 2 saturated carbocycles. The molecule has 0 unspecified atom stereocenters. The van der Waals surface area contributed by atoms with Gasteiger partial charge >= 0.3 is 0 Å². The number of ether oxygens (including phenoxy) is 1. The summed E-state index contributed by atoms with van der Waals surface area (Å²) in [7, 11) is 0. The van der Waals surface area contributed by atoms with Crippen molar-refractivity contribution in [3.63, 3.8) is 0 Å². The van der Waals surface area contributed by atoms with E-state index >= 15 is 0 Å². The van der Waals surface area contributed by atoms with Crippen LogP contribution in [0.25, 0.3) is 0 Å². The quantitative estimate of drug-likeness (QED) is 0.605. The number of hydrogen-bond donors (Lipinski definition) is 2. The highest BCUT2D eigenvalue weighted by Crippen LogP contribution is 2.68. The van der Waals surface area contributed by atoms with E-state index < -0.39 is 17.3 Å². The maximum absolute atomic E-state index is 11.1. The average molecular weight is 287 g/mol. The second-order valence-electron chi connectivity index (χ2n) is 6.79. The average Bonchev–Trinajstić information content (AvgIpc) is 2.72. The Bertz CT molecular complexity index is 401. The van der Waals surface area contributed by atoms with Crippen molar-refractivity contribution >= 4 is 11.6 Å². The molecule has 4 heteroatoms. The van der Waals surface area contributed by atoms with E-state index in [0.29, 0.717) is 31.8 Å². The number of hydrogen-bond acceptors (Lipinski definition) is 3. The van der Waals surface area contributed by atoms with Gasteiger partial charge in [-0.05, 0) is 25.2 Å². The zero-order valence-corrected chi connectivity index (χ0v) is 12.2. The van der Waals surface area contributed by atoms with Gasteiger partial charge in [-0.25, -0.2) is 0 Å². The molecule has 2 aliphatic carbocycles. The maximum atomic E-state index is 11.1. The summed E-state index contributed by atoms with van der Waals surface area (Å²) in [5.74, 6) is 0.323. The van der Waals surface area contributed by atoms with Gasteiger partial charge in [-0.3, -0.25) is 0 Å². The minimum atomic E-state index is -0.812. The predicted octanol–water partition coefficient (Wildman–Crippen LogP) is 2.24. The van der Waals surface area contributed by atoms with E-state index in [1.165, 1.54) is 0 Å². The Morgan fingerprint density at radius 3 is 2.84 bits per heavy atom. The van der Waals surface area contributed by atoms with Crippen LogP contribution >= 0.6 is 11.6 Å². The normalized spacial score (nSPS) is 56.7. The van der Waals surface area contributed by atoms with Gasteiger partial charge in [0.25, 0.3) is 0 Å². The van der Waals surface area contributed by atoms with Crippen molar-refractivity contribution in [1.82, 2.24) is 0 Å². The van der Waals surface area contributed by atoms with Gasteiger partial charge in [0.1, 0.15) is 5.60 Å². The van der Waals surface area contributed by atoms with E-state index in [2.05, 4.69) is 13.5 Å². The van der Waals surface area contributed by atoms with Gasteiger partial charge in [-0.1, -0.05) is 13.0 Å². The second-order valence-corrected chi connectivity index (χ2v) is 7.35. The Kier molecular flexibility index (Phi) is 3.07. The molecule has 0 amide bonds. The molecule has 0 aromatic rings. The van der Waals surface area contributed by atoms with E-state index in [-0.39, 0.29) is 10.8 Å². The van der Waals surface area contributed by atoms with Crippen LogP contribution in [0.15, 0.2) is 12.7 Å². The second kappa shape index (κ2) is 4.20. The van der Waals surface area contributed by atoms with Crippen LogP contribution in [0.1, 0.15) is 39.0 Å². The van der Waals surface area contributed by atoms with Crippen molar-refractivity contribution in [2.45, 2.75) is 61.7 Å². The van der Waals surface area contributed by atoms with Gasteiger partial charge < -0.3 is 14.9 Å². The molecular weight excluding hydrogens is 264 g/mol. The standard InChI is InChI=1S/C15H23ClO3/c1-3-4-10-7-14(18)5-6-19-15(14)9-12(17)11(16)8-13(10,15)2/h3,10-12,17-18H,1,4-9H2,2H3/t10-,11-,12-,13-,14-,15-/m1/s1. The highest BCUT2D eigenvalue weighted by molar-refractivity contribution is 6.21. The van der Waals surface area contributed by atoms with Crippen LogP contribution in [-0.2, 0) is 4.74 Å². The Morgan fingerprint density at radius 2 is 2.16 bits per heavy atom. The first-order valence-electron chi connectivity index (χ1n) is 7.18. The number of aliphatic hydroxyl groups excluding tert-OH is 1. The molecule has 3 aliphatic rings. The molecule has 19 heavy (non-hydrogen) atoms. The summed E-state index contributed by atoms with van der Waals surface area (Å²) >= 11 is 6.31. The summed E-state index contributed by atoms with van der Waals surface area (Å²) in [6, 6.07) is 0. The molecule has 2 N–H and O–H groups in total. The molecule has 108 valence electrons. The SMILES string of the molecule is C=CC[C@@H]1C[C@]2(O)CCO[C@@]23C[C@@H](O)[C@H](Cl)C[C@]13C. The minimum Gasteiger partial charge on any atom is -0.391 e. The lowest BCUT2D eigenvalue weighted by molar-refractivity contribution is -0.193. The van der Waals surface area contributed by atoms with Crippen LogP contribution < -0.4 is 0 Å². The van der Waals surface area contributed by atoms with Gasteiger partial charge in [0.2, 0.25) is 0 Å². The maximum Gasteiger partial charge on any atom is 0.105 e. The van der Waals surface area contributed by atoms with Crippen molar-refractivity contribution in [1.29, 1.82) is 0 Å². The summed E-state index contributed by atoms with van der Waals surface area (Å²) in [5.41, 5.74) is -1.62. The van der Waals surface area contributed by atoms with Crippen LogP contribution in [0, 0.1) is 11.3 Å².